The van der Waals surface area contributed by atoms with Crippen LogP contribution in [0.25, 0.3) is 0 Å². The quantitative estimate of drug-likeness (QED) is 0.676. The van der Waals surface area contributed by atoms with Crippen LogP contribution in [0, 0.1) is 0 Å². The lowest BCUT2D eigenvalue weighted by Crippen LogP contribution is -2.28. The van der Waals surface area contributed by atoms with Crippen LogP contribution >= 0.6 is 24.0 Å². The molecule has 2 aliphatic rings. The van der Waals surface area contributed by atoms with E-state index in [-0.39, 0.29) is 6.17 Å². The van der Waals surface area contributed by atoms with E-state index in [9.17, 15) is 0 Å². The molecule has 2 heterocycles. The van der Waals surface area contributed by atoms with E-state index in [4.69, 9.17) is 17.0 Å². The van der Waals surface area contributed by atoms with Gasteiger partial charge in [-0.2, -0.15) is 5.11 Å². The lowest BCUT2D eigenvalue weighted by atomic mass is 10.4. The van der Waals surface area contributed by atoms with Gasteiger partial charge in [0.05, 0.1) is 11.5 Å². The second-order valence-corrected chi connectivity index (χ2v) is 4.21. The number of hydrogen-bond donors (Lipinski definition) is 1. The largest absolute Gasteiger partial charge is 0.496 e. The highest BCUT2D eigenvalue weighted by atomic mass is 32.2. The molecule has 6 heteroatoms. The Morgan fingerprint density at radius 2 is 2.54 bits per heavy atom. The molecular weight excluding hydrogens is 206 g/mol. The van der Waals surface area contributed by atoms with Crippen LogP contribution in [0.2, 0.25) is 0 Å². The fourth-order valence-electron chi connectivity index (χ4n) is 1.19. The van der Waals surface area contributed by atoms with Crippen LogP contribution in [-0.4, -0.2) is 23.6 Å². The summed E-state index contributed by atoms with van der Waals surface area (Å²) >= 11 is 6.61. The van der Waals surface area contributed by atoms with Crippen LogP contribution < -0.4 is 5.32 Å². The molecule has 2 aliphatic heterocycles. The van der Waals surface area contributed by atoms with Crippen LogP contribution in [0.15, 0.2) is 20.9 Å². The zero-order valence-electron chi connectivity index (χ0n) is 7.11. The molecule has 0 radical (unpaired) electrons. The normalized spacial score (nSPS) is 27.5. The number of allylic oxidation sites excluding steroid dienone is 1. The van der Waals surface area contributed by atoms with Gasteiger partial charge in [0.1, 0.15) is 5.76 Å². The van der Waals surface area contributed by atoms with Crippen molar-refractivity contribution < 1.29 is 4.74 Å². The molecule has 13 heavy (non-hydrogen) atoms. The first-order valence-electron chi connectivity index (χ1n) is 3.95. The van der Waals surface area contributed by atoms with Crippen LogP contribution in [0.4, 0.5) is 0 Å². The van der Waals surface area contributed by atoms with Crippen molar-refractivity contribution in [1.29, 1.82) is 0 Å². The maximum absolute atomic E-state index is 5.41. The number of thioether (sulfide) groups is 1. The zero-order chi connectivity index (χ0) is 9.26. The number of thiocarbonyl (C=S) groups is 1. The van der Waals surface area contributed by atoms with E-state index in [1.165, 1.54) is 0 Å². The van der Waals surface area contributed by atoms with Gasteiger partial charge in [0.25, 0.3) is 0 Å². The first-order valence-corrected chi connectivity index (χ1v) is 5.34. The van der Waals surface area contributed by atoms with Crippen LogP contribution in [0.3, 0.4) is 0 Å². The Balaban J connectivity index is 2.16. The molecular formula is C7H9N3OS2. The van der Waals surface area contributed by atoms with Crippen molar-refractivity contribution in [3.8, 4) is 0 Å². The molecule has 2 rings (SSSR count). The first-order chi connectivity index (χ1) is 6.27. The number of nitrogens with zero attached hydrogens (tertiary/aromatic N) is 2. The summed E-state index contributed by atoms with van der Waals surface area (Å²) in [4.78, 5) is 1.09. The number of azo groups is 1. The molecule has 1 N–H and O–H groups in total. The Bertz CT molecular complexity index is 300. The van der Waals surface area contributed by atoms with Gasteiger partial charge < -0.3 is 10.1 Å². The minimum atomic E-state index is -0.113. The molecule has 0 aromatic carbocycles. The molecule has 0 amide bonds. The van der Waals surface area contributed by atoms with Gasteiger partial charge in [-0.05, 0) is 19.1 Å². The second-order valence-electron chi connectivity index (χ2n) is 2.68. The van der Waals surface area contributed by atoms with Crippen LogP contribution in [-0.2, 0) is 4.74 Å². The predicted molar refractivity (Wildman–Crippen MR) is 55.5 cm³/mol. The maximum Gasteiger partial charge on any atom is 0.215 e. The van der Waals surface area contributed by atoms with E-state index in [1.807, 2.05) is 6.92 Å². The summed E-state index contributed by atoms with van der Waals surface area (Å²) < 4.78 is 5.41. The topological polar surface area (TPSA) is 46.0 Å². The Hall–Kier alpha value is -0.620. The average Bonchev–Trinajstić information content (AvgIpc) is 2.53. The van der Waals surface area contributed by atoms with E-state index < -0.39 is 0 Å². The molecule has 4 nitrogen and oxygen atoms in total. The smallest absolute Gasteiger partial charge is 0.215 e. The van der Waals surface area contributed by atoms with E-state index in [0.717, 1.165) is 23.0 Å². The third-order valence-corrected chi connectivity index (χ3v) is 3.17. The fourth-order valence-corrected chi connectivity index (χ4v) is 2.26. The van der Waals surface area contributed by atoms with Crippen molar-refractivity contribution in [3.05, 3.63) is 10.7 Å². The Morgan fingerprint density at radius 1 is 1.69 bits per heavy atom. The molecule has 0 spiro atoms. The summed E-state index contributed by atoms with van der Waals surface area (Å²) in [5.74, 6) is 1.89. The number of nitrogens with one attached hydrogen (secondary N) is 1. The average molecular weight is 215 g/mol. The fraction of sp³-hybridized carbons (Fsp3) is 0.571. The monoisotopic (exact) mass is 215 g/mol. The molecule has 0 aromatic heterocycles. The third kappa shape index (κ3) is 1.83. The summed E-state index contributed by atoms with van der Waals surface area (Å²) in [6.07, 6.45) is -0.113. The molecule has 0 saturated heterocycles. The van der Waals surface area contributed by atoms with Crippen molar-refractivity contribution >= 4 is 29.1 Å². The molecule has 70 valence electrons. The van der Waals surface area contributed by atoms with Crippen molar-refractivity contribution in [2.24, 2.45) is 10.2 Å². The van der Waals surface area contributed by atoms with Gasteiger partial charge in [0, 0.05) is 5.75 Å². The first kappa shape index (κ1) is 8.96. The van der Waals surface area contributed by atoms with Gasteiger partial charge in [-0.3, -0.25) is 0 Å². The Labute approximate surface area is 85.8 Å². The van der Waals surface area contributed by atoms with Crippen LogP contribution in [0.5, 0.6) is 0 Å². The SMILES string of the molecule is CC1=C(C2N=NC(=S)N2)SCCO1. The predicted octanol–water partition coefficient (Wildman–Crippen LogP) is 1.65. The van der Waals surface area contributed by atoms with Gasteiger partial charge in [-0.1, -0.05) is 0 Å². The van der Waals surface area contributed by atoms with Crippen molar-refractivity contribution in [2.75, 3.05) is 12.4 Å². The summed E-state index contributed by atoms with van der Waals surface area (Å²) in [7, 11) is 0. The Kier molecular flexibility index (Phi) is 2.50. The van der Waals surface area contributed by atoms with Gasteiger partial charge in [0.15, 0.2) is 6.17 Å². The van der Waals surface area contributed by atoms with Gasteiger partial charge in [0.2, 0.25) is 5.11 Å². The highest BCUT2D eigenvalue weighted by molar-refractivity contribution is 8.03. The highest BCUT2D eigenvalue weighted by Crippen LogP contribution is 2.30. The standard InChI is InChI=1S/C7H9N3OS2/c1-4-5(13-3-2-11-4)6-8-7(12)10-9-6/h6H,2-3H2,1H3,(H,8,12). The zero-order valence-corrected chi connectivity index (χ0v) is 8.74. The van der Waals surface area contributed by atoms with Gasteiger partial charge >= 0.3 is 0 Å². The summed E-state index contributed by atoms with van der Waals surface area (Å²) in [5.41, 5.74) is 0. The number of rotatable bonds is 1. The molecule has 1 atom stereocenters. The van der Waals surface area contributed by atoms with Gasteiger partial charge in [-0.25, -0.2) is 0 Å². The lowest BCUT2D eigenvalue weighted by molar-refractivity contribution is 0.227. The summed E-state index contributed by atoms with van der Waals surface area (Å²) in [6, 6.07) is 0. The van der Waals surface area contributed by atoms with Crippen molar-refractivity contribution in [3.63, 3.8) is 0 Å². The molecule has 1 unspecified atom stereocenters. The third-order valence-electron chi connectivity index (χ3n) is 1.78. The lowest BCUT2D eigenvalue weighted by Gasteiger charge is -2.20. The molecule has 0 fully saturated rings. The summed E-state index contributed by atoms with van der Waals surface area (Å²) in [6.45, 7) is 2.72. The van der Waals surface area contributed by atoms with E-state index in [2.05, 4.69) is 15.5 Å². The Morgan fingerprint density at radius 3 is 3.15 bits per heavy atom. The highest BCUT2D eigenvalue weighted by Gasteiger charge is 2.24. The minimum Gasteiger partial charge on any atom is -0.496 e. The molecule has 0 saturated carbocycles. The maximum atomic E-state index is 5.41. The summed E-state index contributed by atoms with van der Waals surface area (Å²) in [5, 5.41) is 11.2. The molecule has 0 aliphatic carbocycles. The van der Waals surface area contributed by atoms with E-state index >= 15 is 0 Å². The van der Waals surface area contributed by atoms with E-state index in [1.54, 1.807) is 11.8 Å². The molecule has 0 bridgehead atoms. The number of ether oxygens (including phenoxy) is 1. The minimum absolute atomic E-state index is 0.113. The van der Waals surface area contributed by atoms with Crippen LogP contribution in [0.1, 0.15) is 6.92 Å². The second kappa shape index (κ2) is 3.63. The van der Waals surface area contributed by atoms with Crippen molar-refractivity contribution in [1.82, 2.24) is 5.32 Å². The van der Waals surface area contributed by atoms with E-state index in [0.29, 0.717) is 5.11 Å². The molecule has 0 aromatic rings. The van der Waals surface area contributed by atoms with Gasteiger partial charge in [-0.15, -0.1) is 16.9 Å². The van der Waals surface area contributed by atoms with Crippen molar-refractivity contribution in [2.45, 2.75) is 13.1 Å². The number of hydrogen-bond acceptors (Lipinski definition) is 4.